The monoisotopic (exact) mass is 203 g/mol. The fourth-order valence-electron chi connectivity index (χ4n) is 2.02. The van der Waals surface area contributed by atoms with Gasteiger partial charge in [0.1, 0.15) is 0 Å². The molecule has 1 aromatic carbocycles. The SMILES string of the molecule is CCC[CH]CC(CCC)c1ccccc1. The van der Waals surface area contributed by atoms with Crippen LogP contribution in [0.5, 0.6) is 0 Å². The topological polar surface area (TPSA) is 0 Å². The summed E-state index contributed by atoms with van der Waals surface area (Å²) >= 11 is 0. The molecule has 0 bridgehead atoms. The molecule has 0 aromatic heterocycles. The van der Waals surface area contributed by atoms with E-state index in [1.807, 2.05) is 0 Å². The van der Waals surface area contributed by atoms with Crippen LogP contribution in [0.15, 0.2) is 30.3 Å². The van der Waals surface area contributed by atoms with Crippen LogP contribution in [-0.4, -0.2) is 0 Å². The lowest BCUT2D eigenvalue weighted by Crippen LogP contribution is -1.98. The molecule has 0 amide bonds. The highest BCUT2D eigenvalue weighted by atomic mass is 14.1. The molecule has 0 saturated carbocycles. The maximum atomic E-state index is 2.45. The Hall–Kier alpha value is -0.780. The van der Waals surface area contributed by atoms with Crippen LogP contribution in [0.1, 0.15) is 57.4 Å². The first kappa shape index (κ1) is 12.3. The van der Waals surface area contributed by atoms with E-state index in [2.05, 4.69) is 50.6 Å². The van der Waals surface area contributed by atoms with Gasteiger partial charge < -0.3 is 0 Å². The third kappa shape index (κ3) is 4.51. The molecule has 1 aromatic rings. The molecule has 15 heavy (non-hydrogen) atoms. The summed E-state index contributed by atoms with van der Waals surface area (Å²) in [4.78, 5) is 0. The summed E-state index contributed by atoms with van der Waals surface area (Å²) in [7, 11) is 0. The molecular weight excluding hydrogens is 180 g/mol. The molecule has 83 valence electrons. The Morgan fingerprint density at radius 3 is 2.40 bits per heavy atom. The standard InChI is InChI=1S/C15H23/c1-3-5-7-11-14(10-4-2)15-12-8-6-9-13-15/h6-9,12-14H,3-5,10-11H2,1-2H3. The van der Waals surface area contributed by atoms with E-state index < -0.39 is 0 Å². The van der Waals surface area contributed by atoms with Gasteiger partial charge in [0.05, 0.1) is 0 Å². The predicted molar refractivity (Wildman–Crippen MR) is 67.9 cm³/mol. The second-order valence-corrected chi connectivity index (χ2v) is 4.21. The first-order valence-electron chi connectivity index (χ1n) is 6.25. The zero-order valence-electron chi connectivity index (χ0n) is 10.1. The summed E-state index contributed by atoms with van der Waals surface area (Å²) in [5, 5.41) is 0. The molecule has 0 nitrogen and oxygen atoms in total. The van der Waals surface area contributed by atoms with Gasteiger partial charge in [-0.05, 0) is 30.7 Å². The minimum atomic E-state index is 0.739. The van der Waals surface area contributed by atoms with E-state index in [1.165, 1.54) is 37.7 Å². The Balaban J connectivity index is 2.50. The number of hydrogen-bond donors (Lipinski definition) is 0. The van der Waals surface area contributed by atoms with E-state index in [-0.39, 0.29) is 0 Å². The maximum Gasteiger partial charge on any atom is -0.0159 e. The van der Waals surface area contributed by atoms with Gasteiger partial charge in [-0.3, -0.25) is 0 Å². The number of benzene rings is 1. The summed E-state index contributed by atoms with van der Waals surface area (Å²) in [6.45, 7) is 4.52. The first-order valence-corrected chi connectivity index (χ1v) is 6.25. The van der Waals surface area contributed by atoms with Crippen molar-refractivity contribution in [2.75, 3.05) is 0 Å². The average Bonchev–Trinajstić information content (AvgIpc) is 2.29. The molecule has 0 aliphatic heterocycles. The Bertz CT molecular complexity index is 237. The second kappa shape index (κ2) is 7.50. The van der Waals surface area contributed by atoms with Crippen LogP contribution in [0.2, 0.25) is 0 Å². The Morgan fingerprint density at radius 1 is 1.07 bits per heavy atom. The molecule has 1 atom stereocenters. The van der Waals surface area contributed by atoms with Gasteiger partial charge in [0.2, 0.25) is 0 Å². The fourth-order valence-corrected chi connectivity index (χ4v) is 2.02. The molecule has 0 heterocycles. The zero-order valence-corrected chi connectivity index (χ0v) is 10.1. The quantitative estimate of drug-likeness (QED) is 0.549. The lowest BCUT2D eigenvalue weighted by Gasteiger charge is -2.16. The van der Waals surface area contributed by atoms with Crippen LogP contribution in [0, 0.1) is 6.42 Å². The largest absolute Gasteiger partial charge is 0.0654 e. The molecule has 1 unspecified atom stereocenters. The lowest BCUT2D eigenvalue weighted by atomic mass is 9.89. The van der Waals surface area contributed by atoms with Crippen molar-refractivity contribution < 1.29 is 0 Å². The first-order chi connectivity index (χ1) is 7.38. The van der Waals surface area contributed by atoms with Crippen LogP contribution >= 0.6 is 0 Å². The van der Waals surface area contributed by atoms with Crippen molar-refractivity contribution >= 4 is 0 Å². The fraction of sp³-hybridized carbons (Fsp3) is 0.533. The van der Waals surface area contributed by atoms with Gasteiger partial charge in [0, 0.05) is 0 Å². The van der Waals surface area contributed by atoms with E-state index in [0.717, 1.165) is 5.92 Å². The molecule has 0 saturated heterocycles. The van der Waals surface area contributed by atoms with Crippen LogP contribution in [-0.2, 0) is 0 Å². The molecule has 0 N–H and O–H groups in total. The van der Waals surface area contributed by atoms with Crippen molar-refractivity contribution in [2.45, 2.75) is 51.9 Å². The van der Waals surface area contributed by atoms with Gasteiger partial charge in [0.25, 0.3) is 0 Å². The van der Waals surface area contributed by atoms with Crippen molar-refractivity contribution in [3.05, 3.63) is 42.3 Å². The van der Waals surface area contributed by atoms with Gasteiger partial charge in [-0.15, -0.1) is 0 Å². The van der Waals surface area contributed by atoms with E-state index in [9.17, 15) is 0 Å². The smallest absolute Gasteiger partial charge is 0.0159 e. The van der Waals surface area contributed by atoms with E-state index >= 15 is 0 Å². The van der Waals surface area contributed by atoms with Gasteiger partial charge in [-0.1, -0.05) is 63.4 Å². The Labute approximate surface area is 94.7 Å². The lowest BCUT2D eigenvalue weighted by molar-refractivity contribution is 0.591. The third-order valence-electron chi connectivity index (χ3n) is 2.85. The van der Waals surface area contributed by atoms with Gasteiger partial charge in [-0.2, -0.15) is 0 Å². The molecule has 0 aliphatic carbocycles. The molecule has 1 rings (SSSR count). The average molecular weight is 203 g/mol. The van der Waals surface area contributed by atoms with Crippen LogP contribution in [0.25, 0.3) is 0 Å². The molecular formula is C15H23. The van der Waals surface area contributed by atoms with Crippen LogP contribution in [0.3, 0.4) is 0 Å². The number of rotatable bonds is 7. The zero-order chi connectivity index (χ0) is 10.9. The number of unbranched alkanes of at least 4 members (excludes halogenated alkanes) is 2. The van der Waals surface area contributed by atoms with Crippen molar-refractivity contribution in [2.24, 2.45) is 0 Å². The third-order valence-corrected chi connectivity index (χ3v) is 2.85. The van der Waals surface area contributed by atoms with Crippen LogP contribution < -0.4 is 0 Å². The maximum absolute atomic E-state index is 2.45. The normalized spacial score (nSPS) is 12.7. The van der Waals surface area contributed by atoms with E-state index in [1.54, 1.807) is 0 Å². The molecule has 1 radical (unpaired) electrons. The summed E-state index contributed by atoms with van der Waals surface area (Å²) in [5.41, 5.74) is 1.51. The number of hydrogen-bond acceptors (Lipinski definition) is 0. The van der Waals surface area contributed by atoms with Crippen molar-refractivity contribution in [3.8, 4) is 0 Å². The highest BCUT2D eigenvalue weighted by Gasteiger charge is 2.09. The molecule has 0 fully saturated rings. The van der Waals surface area contributed by atoms with E-state index in [4.69, 9.17) is 0 Å². The Morgan fingerprint density at radius 2 is 1.80 bits per heavy atom. The predicted octanol–water partition coefficient (Wildman–Crippen LogP) is 4.96. The van der Waals surface area contributed by atoms with Gasteiger partial charge >= 0.3 is 0 Å². The highest BCUT2D eigenvalue weighted by molar-refractivity contribution is 5.19. The second-order valence-electron chi connectivity index (χ2n) is 4.21. The van der Waals surface area contributed by atoms with Crippen molar-refractivity contribution in [1.29, 1.82) is 0 Å². The highest BCUT2D eigenvalue weighted by Crippen LogP contribution is 2.26. The summed E-state index contributed by atoms with van der Waals surface area (Å²) in [5.74, 6) is 0.739. The minimum Gasteiger partial charge on any atom is -0.0654 e. The Kier molecular flexibility index (Phi) is 6.15. The van der Waals surface area contributed by atoms with Gasteiger partial charge in [0.15, 0.2) is 0 Å². The summed E-state index contributed by atoms with van der Waals surface area (Å²) in [6.07, 6.45) is 8.81. The minimum absolute atomic E-state index is 0.739. The van der Waals surface area contributed by atoms with Crippen LogP contribution in [0.4, 0.5) is 0 Å². The summed E-state index contributed by atoms with van der Waals surface area (Å²) < 4.78 is 0. The van der Waals surface area contributed by atoms with Crippen molar-refractivity contribution in [1.82, 2.24) is 0 Å². The molecule has 0 heteroatoms. The molecule has 0 aliphatic rings. The van der Waals surface area contributed by atoms with Crippen molar-refractivity contribution in [3.63, 3.8) is 0 Å². The molecule has 0 spiro atoms. The van der Waals surface area contributed by atoms with Gasteiger partial charge in [-0.25, -0.2) is 0 Å². The summed E-state index contributed by atoms with van der Waals surface area (Å²) in [6, 6.07) is 10.9. The van der Waals surface area contributed by atoms with E-state index in [0.29, 0.717) is 0 Å².